The van der Waals surface area contributed by atoms with Gasteiger partial charge in [0.15, 0.2) is 6.10 Å². The number of fused-ring (bicyclic) bond motifs is 1. The minimum absolute atomic E-state index is 0.281. The van der Waals surface area contributed by atoms with Crippen LogP contribution in [0.2, 0.25) is 0 Å². The van der Waals surface area contributed by atoms with Crippen molar-refractivity contribution in [2.45, 2.75) is 31.7 Å². The van der Waals surface area contributed by atoms with E-state index < -0.39 is 49.1 Å². The molecule has 1 aromatic carbocycles. The number of carboxylic acids is 1. The van der Waals surface area contributed by atoms with Gasteiger partial charge in [-0.2, -0.15) is 13.2 Å². The van der Waals surface area contributed by atoms with E-state index in [9.17, 15) is 27.6 Å². The molecule has 0 bridgehead atoms. The summed E-state index contributed by atoms with van der Waals surface area (Å²) in [7, 11) is 0. The monoisotopic (exact) mass is 360 g/mol. The van der Waals surface area contributed by atoms with Gasteiger partial charge >= 0.3 is 12.1 Å². The molecule has 2 N–H and O–H groups in total. The molecule has 0 fully saturated rings. The third-order valence-electron chi connectivity index (χ3n) is 3.44. The first kappa shape index (κ1) is 18.6. The molecule has 25 heavy (non-hydrogen) atoms. The molecule has 1 aliphatic rings. The number of carbonyl (C=O) groups is 3. The van der Waals surface area contributed by atoms with Gasteiger partial charge in [-0.05, 0) is 19.1 Å². The van der Waals surface area contributed by atoms with Gasteiger partial charge in [0, 0.05) is 0 Å². The summed E-state index contributed by atoms with van der Waals surface area (Å²) in [5, 5.41) is 10.6. The van der Waals surface area contributed by atoms with Crippen molar-refractivity contribution in [1.29, 1.82) is 0 Å². The number of nitrogens with one attached hydrogen (secondary N) is 1. The number of hydrogen-bond acceptors (Lipinski definition) is 4. The molecule has 1 heterocycles. The Morgan fingerprint density at radius 3 is 2.60 bits per heavy atom. The van der Waals surface area contributed by atoms with Gasteiger partial charge in [-0.3, -0.25) is 14.5 Å². The Bertz CT molecular complexity index is 692. The lowest BCUT2D eigenvalue weighted by molar-refractivity contribution is -0.159. The zero-order chi connectivity index (χ0) is 18.8. The van der Waals surface area contributed by atoms with Gasteiger partial charge in [0.05, 0.1) is 12.1 Å². The average Bonchev–Trinajstić information content (AvgIpc) is 2.49. The molecule has 2 rings (SSSR count). The summed E-state index contributed by atoms with van der Waals surface area (Å²) in [6.07, 6.45) is -7.35. The fourth-order valence-electron chi connectivity index (χ4n) is 2.34. The largest absolute Gasteiger partial charge is 0.480 e. The molecule has 1 aromatic rings. The Hall–Kier alpha value is -2.78. The number of rotatable bonds is 5. The van der Waals surface area contributed by atoms with Crippen LogP contribution in [0.25, 0.3) is 0 Å². The van der Waals surface area contributed by atoms with Crippen molar-refractivity contribution < 1.29 is 37.4 Å². The molecule has 2 atom stereocenters. The van der Waals surface area contributed by atoms with E-state index in [0.29, 0.717) is 5.75 Å². The SMILES string of the molecule is CC1Oc2ccccc2N(CC(=O)NC(CC(F)(F)F)C(=O)O)C1=O. The van der Waals surface area contributed by atoms with E-state index in [0.717, 1.165) is 4.90 Å². The molecule has 0 saturated carbocycles. The Morgan fingerprint density at radius 1 is 1.36 bits per heavy atom. The maximum atomic E-state index is 12.4. The van der Waals surface area contributed by atoms with Crippen LogP contribution >= 0.6 is 0 Å². The van der Waals surface area contributed by atoms with E-state index >= 15 is 0 Å². The molecule has 1 aliphatic heterocycles. The Kier molecular flexibility index (Phi) is 5.19. The highest BCUT2D eigenvalue weighted by molar-refractivity contribution is 6.04. The quantitative estimate of drug-likeness (QED) is 0.826. The minimum atomic E-state index is -4.76. The summed E-state index contributed by atoms with van der Waals surface area (Å²) in [6, 6.07) is 4.21. The zero-order valence-corrected chi connectivity index (χ0v) is 13.0. The number of carboxylic acid groups (broad SMARTS) is 1. The Balaban J connectivity index is 2.13. The highest BCUT2D eigenvalue weighted by Gasteiger charge is 2.37. The highest BCUT2D eigenvalue weighted by Crippen LogP contribution is 2.33. The normalized spacial score (nSPS) is 18.2. The summed E-state index contributed by atoms with van der Waals surface area (Å²) in [4.78, 5) is 36.1. The number of benzene rings is 1. The molecular formula is C15H15F3N2O5. The van der Waals surface area contributed by atoms with Crippen LogP contribution in [0.15, 0.2) is 24.3 Å². The second kappa shape index (κ2) is 6.99. The van der Waals surface area contributed by atoms with Crippen LogP contribution in [-0.2, 0) is 14.4 Å². The molecule has 10 heteroatoms. The van der Waals surface area contributed by atoms with Crippen molar-refractivity contribution in [3.8, 4) is 5.75 Å². The van der Waals surface area contributed by atoms with E-state index in [4.69, 9.17) is 9.84 Å². The molecule has 0 saturated heterocycles. The Morgan fingerprint density at radius 2 is 2.00 bits per heavy atom. The number of hydrogen-bond donors (Lipinski definition) is 2. The van der Waals surface area contributed by atoms with Gasteiger partial charge < -0.3 is 15.2 Å². The van der Waals surface area contributed by atoms with Crippen LogP contribution in [0.4, 0.5) is 18.9 Å². The van der Waals surface area contributed by atoms with E-state index in [-0.39, 0.29) is 5.69 Å². The first-order chi connectivity index (χ1) is 11.6. The first-order valence-corrected chi connectivity index (χ1v) is 7.24. The van der Waals surface area contributed by atoms with E-state index in [1.807, 2.05) is 0 Å². The van der Waals surface area contributed by atoms with Crippen LogP contribution in [0.1, 0.15) is 13.3 Å². The van der Waals surface area contributed by atoms with Gasteiger partial charge in [-0.1, -0.05) is 12.1 Å². The van der Waals surface area contributed by atoms with Crippen molar-refractivity contribution >= 4 is 23.5 Å². The molecular weight excluding hydrogens is 345 g/mol. The average molecular weight is 360 g/mol. The van der Waals surface area contributed by atoms with E-state index in [1.54, 1.807) is 23.5 Å². The molecule has 0 aromatic heterocycles. The standard InChI is InChI=1S/C15H15F3N2O5/c1-8-13(22)20(10-4-2-3-5-11(10)25-8)7-12(21)19-9(14(23)24)6-15(16,17)18/h2-5,8-9H,6-7H2,1H3,(H,19,21)(H,23,24). The second-order valence-electron chi connectivity index (χ2n) is 5.43. The predicted molar refractivity (Wildman–Crippen MR) is 79.1 cm³/mol. The topological polar surface area (TPSA) is 95.9 Å². The number of nitrogens with zero attached hydrogens (tertiary/aromatic N) is 1. The minimum Gasteiger partial charge on any atom is -0.480 e. The lowest BCUT2D eigenvalue weighted by Crippen LogP contribution is -2.52. The summed E-state index contributed by atoms with van der Waals surface area (Å²) >= 11 is 0. The molecule has 2 unspecified atom stereocenters. The van der Waals surface area contributed by atoms with Gasteiger partial charge in [0.1, 0.15) is 18.3 Å². The van der Waals surface area contributed by atoms with Crippen LogP contribution in [0.3, 0.4) is 0 Å². The first-order valence-electron chi connectivity index (χ1n) is 7.24. The summed E-state index contributed by atoms with van der Waals surface area (Å²) in [6.45, 7) is 0.845. The highest BCUT2D eigenvalue weighted by atomic mass is 19.4. The number of para-hydroxylation sites is 2. The fourth-order valence-corrected chi connectivity index (χ4v) is 2.34. The summed E-state index contributed by atoms with van der Waals surface area (Å²) in [5.74, 6) is -3.05. The fraction of sp³-hybridized carbons (Fsp3) is 0.400. The van der Waals surface area contributed by atoms with Crippen LogP contribution in [0, 0.1) is 0 Å². The van der Waals surface area contributed by atoms with Gasteiger partial charge in [0.2, 0.25) is 5.91 Å². The van der Waals surface area contributed by atoms with Crippen molar-refractivity contribution in [1.82, 2.24) is 5.32 Å². The number of ether oxygens (including phenoxy) is 1. The van der Waals surface area contributed by atoms with Gasteiger partial charge in [-0.25, -0.2) is 4.79 Å². The van der Waals surface area contributed by atoms with Crippen molar-refractivity contribution in [3.05, 3.63) is 24.3 Å². The second-order valence-corrected chi connectivity index (χ2v) is 5.43. The van der Waals surface area contributed by atoms with E-state index in [1.165, 1.54) is 13.0 Å². The van der Waals surface area contributed by atoms with E-state index in [2.05, 4.69) is 0 Å². The third-order valence-corrected chi connectivity index (χ3v) is 3.44. The summed E-state index contributed by atoms with van der Waals surface area (Å²) < 4.78 is 42.5. The van der Waals surface area contributed by atoms with Crippen molar-refractivity contribution in [2.24, 2.45) is 0 Å². The molecule has 0 aliphatic carbocycles. The third kappa shape index (κ3) is 4.61. The number of aliphatic carboxylic acids is 1. The number of halogens is 3. The van der Waals surface area contributed by atoms with Crippen LogP contribution in [-0.4, -0.2) is 47.8 Å². The van der Waals surface area contributed by atoms with Crippen LogP contribution < -0.4 is 15.0 Å². The lowest BCUT2D eigenvalue weighted by atomic mass is 10.1. The molecule has 2 amide bonds. The van der Waals surface area contributed by atoms with Crippen molar-refractivity contribution in [3.63, 3.8) is 0 Å². The van der Waals surface area contributed by atoms with Gasteiger partial charge in [0.25, 0.3) is 5.91 Å². The number of alkyl halides is 3. The molecule has 0 radical (unpaired) electrons. The van der Waals surface area contributed by atoms with Crippen LogP contribution in [0.5, 0.6) is 5.75 Å². The maximum Gasteiger partial charge on any atom is 0.391 e. The molecule has 136 valence electrons. The zero-order valence-electron chi connectivity index (χ0n) is 13.0. The molecule has 0 spiro atoms. The lowest BCUT2D eigenvalue weighted by Gasteiger charge is -2.32. The van der Waals surface area contributed by atoms with Gasteiger partial charge in [-0.15, -0.1) is 0 Å². The predicted octanol–water partition coefficient (Wildman–Crippen LogP) is 1.32. The smallest absolute Gasteiger partial charge is 0.391 e. The summed E-state index contributed by atoms with van der Waals surface area (Å²) in [5.41, 5.74) is 0.281. The number of carbonyl (C=O) groups excluding carboxylic acids is 2. The molecule has 7 nitrogen and oxygen atoms in total. The Labute approximate surface area is 140 Å². The van der Waals surface area contributed by atoms with Crippen molar-refractivity contribution in [2.75, 3.05) is 11.4 Å². The maximum absolute atomic E-state index is 12.4. The number of anilines is 1. The number of amides is 2.